The number of aromatic amines is 1. The zero-order valence-corrected chi connectivity index (χ0v) is 12.2. The van der Waals surface area contributed by atoms with Crippen LogP contribution in [0.25, 0.3) is 10.9 Å². The summed E-state index contributed by atoms with van der Waals surface area (Å²) >= 11 is 0. The highest BCUT2D eigenvalue weighted by molar-refractivity contribution is 6.05. The van der Waals surface area contributed by atoms with E-state index in [1.165, 1.54) is 0 Å². The average Bonchev–Trinajstić information content (AvgIpc) is 2.64. The van der Waals surface area contributed by atoms with Crippen LogP contribution in [0.1, 0.15) is 29.9 Å². The van der Waals surface area contributed by atoms with E-state index in [-0.39, 0.29) is 6.10 Å². The molecule has 5 heteroatoms. The van der Waals surface area contributed by atoms with E-state index in [4.69, 9.17) is 4.74 Å². The molecule has 0 amide bonds. The van der Waals surface area contributed by atoms with Gasteiger partial charge in [-0.3, -0.25) is 0 Å². The summed E-state index contributed by atoms with van der Waals surface area (Å²) in [5.74, 6) is -0.236. The van der Waals surface area contributed by atoms with Crippen molar-refractivity contribution in [1.82, 2.24) is 9.88 Å². The molecular formula is C15H20N2O3. The zero-order valence-electron chi connectivity index (χ0n) is 12.2. The minimum absolute atomic E-state index is 0.0564. The highest BCUT2D eigenvalue weighted by atomic mass is 16.5. The number of carbonyl (C=O) groups is 1. The number of hydrogen-bond donors (Lipinski definition) is 2. The van der Waals surface area contributed by atoms with Gasteiger partial charge < -0.3 is 19.7 Å². The summed E-state index contributed by atoms with van der Waals surface area (Å²) in [6, 6.07) is 5.50. The number of fused-ring (bicyclic) bond motifs is 1. The Labute approximate surface area is 118 Å². The summed E-state index contributed by atoms with van der Waals surface area (Å²) in [7, 11) is 3.81. The second kappa shape index (κ2) is 5.54. The van der Waals surface area contributed by atoms with Crippen LogP contribution < -0.4 is 4.74 Å². The highest BCUT2D eigenvalue weighted by Crippen LogP contribution is 2.27. The molecule has 5 nitrogen and oxygen atoms in total. The molecule has 0 bridgehead atoms. The van der Waals surface area contributed by atoms with Crippen molar-refractivity contribution in [1.29, 1.82) is 0 Å². The maximum absolute atomic E-state index is 11.5. The maximum Gasteiger partial charge on any atom is 0.338 e. The Kier molecular flexibility index (Phi) is 3.99. The molecule has 0 atom stereocenters. The molecule has 0 radical (unpaired) electrons. The third-order valence-corrected chi connectivity index (χ3v) is 2.91. The molecule has 0 fully saturated rings. The minimum atomic E-state index is -0.921. The Balaban J connectivity index is 2.55. The first-order valence-electron chi connectivity index (χ1n) is 6.57. The number of nitrogens with zero attached hydrogens (tertiary/aromatic N) is 1. The molecule has 1 aromatic heterocycles. The van der Waals surface area contributed by atoms with Crippen LogP contribution in [0.15, 0.2) is 18.2 Å². The Morgan fingerprint density at radius 2 is 2.10 bits per heavy atom. The molecule has 2 aromatic rings. The number of H-pyrrole nitrogens is 1. The largest absolute Gasteiger partial charge is 0.491 e. The van der Waals surface area contributed by atoms with E-state index in [1.54, 1.807) is 6.07 Å². The molecular weight excluding hydrogens is 256 g/mol. The number of aromatic nitrogens is 1. The number of aromatic carboxylic acids is 1. The topological polar surface area (TPSA) is 65.6 Å². The quantitative estimate of drug-likeness (QED) is 0.881. The normalized spacial score (nSPS) is 11.5. The van der Waals surface area contributed by atoms with Gasteiger partial charge in [-0.2, -0.15) is 0 Å². The second-order valence-corrected chi connectivity index (χ2v) is 5.40. The van der Waals surface area contributed by atoms with Crippen molar-refractivity contribution in [2.75, 3.05) is 14.1 Å². The van der Waals surface area contributed by atoms with E-state index >= 15 is 0 Å². The van der Waals surface area contributed by atoms with Crippen LogP contribution in [-0.2, 0) is 6.54 Å². The molecule has 108 valence electrons. The zero-order chi connectivity index (χ0) is 14.9. The van der Waals surface area contributed by atoms with Crippen molar-refractivity contribution in [3.05, 3.63) is 29.5 Å². The van der Waals surface area contributed by atoms with Gasteiger partial charge in [0.2, 0.25) is 0 Å². The van der Waals surface area contributed by atoms with Crippen LogP contribution in [0.3, 0.4) is 0 Å². The van der Waals surface area contributed by atoms with Crippen LogP contribution in [0, 0.1) is 0 Å². The van der Waals surface area contributed by atoms with Crippen molar-refractivity contribution in [2.24, 2.45) is 0 Å². The number of carboxylic acid groups (broad SMARTS) is 1. The summed E-state index contributed by atoms with van der Waals surface area (Å²) in [6.07, 6.45) is 0.0564. The van der Waals surface area contributed by atoms with E-state index < -0.39 is 5.97 Å². The smallest absolute Gasteiger partial charge is 0.338 e. The fraction of sp³-hybridized carbons (Fsp3) is 0.400. The van der Waals surface area contributed by atoms with Crippen LogP contribution in [0.4, 0.5) is 0 Å². The third kappa shape index (κ3) is 2.93. The predicted molar refractivity (Wildman–Crippen MR) is 78.4 cm³/mol. The molecule has 20 heavy (non-hydrogen) atoms. The van der Waals surface area contributed by atoms with Gasteiger partial charge >= 0.3 is 5.97 Å². The molecule has 0 aliphatic heterocycles. The van der Waals surface area contributed by atoms with Gasteiger partial charge in [-0.05, 0) is 46.1 Å². The van der Waals surface area contributed by atoms with Gasteiger partial charge in [0.05, 0.1) is 11.7 Å². The number of ether oxygens (including phenoxy) is 1. The minimum Gasteiger partial charge on any atom is -0.491 e. The Morgan fingerprint density at radius 1 is 1.40 bits per heavy atom. The molecule has 0 aliphatic carbocycles. The SMILES string of the molecule is CC(C)Oc1ccc2[nH]c(CN(C)C)c(C(=O)O)c2c1. The van der Waals surface area contributed by atoms with Gasteiger partial charge in [0.15, 0.2) is 0 Å². The van der Waals surface area contributed by atoms with Gasteiger partial charge in [-0.15, -0.1) is 0 Å². The lowest BCUT2D eigenvalue weighted by molar-refractivity contribution is 0.0697. The fourth-order valence-corrected chi connectivity index (χ4v) is 2.25. The first-order chi connectivity index (χ1) is 9.38. The lowest BCUT2D eigenvalue weighted by Gasteiger charge is -2.09. The van der Waals surface area contributed by atoms with E-state index in [0.717, 1.165) is 5.52 Å². The van der Waals surface area contributed by atoms with Crippen molar-refractivity contribution in [2.45, 2.75) is 26.5 Å². The predicted octanol–water partition coefficient (Wildman–Crippen LogP) is 2.71. The lowest BCUT2D eigenvalue weighted by atomic mass is 10.1. The van der Waals surface area contributed by atoms with Crippen LogP contribution >= 0.6 is 0 Å². The van der Waals surface area contributed by atoms with Crippen LogP contribution in [-0.4, -0.2) is 41.2 Å². The summed E-state index contributed by atoms with van der Waals surface area (Å²) in [4.78, 5) is 16.6. The Bertz CT molecular complexity index is 629. The molecule has 1 aromatic carbocycles. The second-order valence-electron chi connectivity index (χ2n) is 5.40. The molecule has 0 saturated heterocycles. The molecule has 2 N–H and O–H groups in total. The molecule has 0 aliphatic rings. The lowest BCUT2D eigenvalue weighted by Crippen LogP contribution is -2.13. The molecule has 0 unspecified atom stereocenters. The van der Waals surface area contributed by atoms with Gasteiger partial charge in [0.1, 0.15) is 5.75 Å². The molecule has 0 saturated carbocycles. The number of carboxylic acids is 1. The maximum atomic E-state index is 11.5. The number of nitrogens with one attached hydrogen (secondary N) is 1. The summed E-state index contributed by atoms with van der Waals surface area (Å²) in [5, 5.41) is 10.1. The molecule has 0 spiro atoms. The van der Waals surface area contributed by atoms with Gasteiger partial charge in [-0.1, -0.05) is 0 Å². The van der Waals surface area contributed by atoms with Gasteiger partial charge in [0, 0.05) is 23.1 Å². The van der Waals surface area contributed by atoms with Crippen molar-refractivity contribution >= 4 is 16.9 Å². The Morgan fingerprint density at radius 3 is 2.65 bits per heavy atom. The van der Waals surface area contributed by atoms with Crippen LogP contribution in [0.2, 0.25) is 0 Å². The number of benzene rings is 1. The van der Waals surface area contributed by atoms with E-state index in [9.17, 15) is 9.90 Å². The van der Waals surface area contributed by atoms with Crippen molar-refractivity contribution in [3.8, 4) is 5.75 Å². The summed E-state index contributed by atoms with van der Waals surface area (Å²) in [6.45, 7) is 4.43. The van der Waals surface area contributed by atoms with E-state index in [2.05, 4.69) is 4.98 Å². The van der Waals surface area contributed by atoms with E-state index in [1.807, 2.05) is 45.0 Å². The fourth-order valence-electron chi connectivity index (χ4n) is 2.25. The van der Waals surface area contributed by atoms with Gasteiger partial charge in [-0.25, -0.2) is 4.79 Å². The monoisotopic (exact) mass is 276 g/mol. The third-order valence-electron chi connectivity index (χ3n) is 2.91. The van der Waals surface area contributed by atoms with Gasteiger partial charge in [0.25, 0.3) is 0 Å². The van der Waals surface area contributed by atoms with Crippen molar-refractivity contribution < 1.29 is 14.6 Å². The van der Waals surface area contributed by atoms with E-state index in [0.29, 0.717) is 28.9 Å². The highest BCUT2D eigenvalue weighted by Gasteiger charge is 2.18. The average molecular weight is 276 g/mol. The number of rotatable bonds is 5. The first-order valence-corrected chi connectivity index (χ1v) is 6.57. The summed E-state index contributed by atoms with van der Waals surface area (Å²) in [5.41, 5.74) is 1.84. The first kappa shape index (κ1) is 14.4. The summed E-state index contributed by atoms with van der Waals surface area (Å²) < 4.78 is 5.63. The standard InChI is InChI=1S/C15H20N2O3/c1-9(2)20-10-5-6-12-11(7-10)14(15(18)19)13(16-12)8-17(3)4/h5-7,9,16H,8H2,1-4H3,(H,18,19). The number of hydrogen-bond acceptors (Lipinski definition) is 3. The Hall–Kier alpha value is -2.01. The van der Waals surface area contributed by atoms with Crippen LogP contribution in [0.5, 0.6) is 5.75 Å². The molecule has 1 heterocycles. The van der Waals surface area contributed by atoms with Crippen molar-refractivity contribution in [3.63, 3.8) is 0 Å². The molecule has 2 rings (SSSR count).